The van der Waals surface area contributed by atoms with Gasteiger partial charge < -0.3 is 5.32 Å². The average Bonchev–Trinajstić information content (AvgIpc) is 2.85. The lowest BCUT2D eigenvalue weighted by Gasteiger charge is -2.30. The lowest BCUT2D eigenvalue weighted by atomic mass is 9.97. The van der Waals surface area contributed by atoms with Crippen LogP contribution in [0.3, 0.4) is 0 Å². The first-order chi connectivity index (χ1) is 15.9. The van der Waals surface area contributed by atoms with Gasteiger partial charge in [0, 0.05) is 30.6 Å². The highest BCUT2D eigenvalue weighted by molar-refractivity contribution is 7.89. The summed E-state index contributed by atoms with van der Waals surface area (Å²) in [5, 5.41) is 5.85. The number of amides is 1. The molecule has 0 radical (unpaired) electrons. The van der Waals surface area contributed by atoms with E-state index in [2.05, 4.69) is 10.3 Å². The molecule has 1 N–H and O–H groups in total. The summed E-state index contributed by atoms with van der Waals surface area (Å²) in [6, 6.07) is 20.6. The number of carbonyl (C=O) groups is 1. The zero-order valence-corrected chi connectivity index (χ0v) is 19.2. The standard InChI is InChI=1S/C26H25N3O3S/c1-18-8-11-24(23-7-4-14-27-25(18)23)28-26(30)20-12-15-29(16-13-20)33(31,32)22-10-9-19-5-2-3-6-21(19)17-22/h2-11,14,17,20H,12-13,15-16H2,1H3,(H,28,30). The molecule has 1 aliphatic heterocycles. The summed E-state index contributed by atoms with van der Waals surface area (Å²) >= 11 is 0. The van der Waals surface area contributed by atoms with Gasteiger partial charge in [0.1, 0.15) is 0 Å². The summed E-state index contributed by atoms with van der Waals surface area (Å²) in [6.45, 7) is 2.64. The van der Waals surface area contributed by atoms with Crippen molar-refractivity contribution in [2.75, 3.05) is 18.4 Å². The molecule has 0 unspecified atom stereocenters. The fraction of sp³-hybridized carbons (Fsp3) is 0.231. The third-order valence-corrected chi connectivity index (χ3v) is 8.31. The first kappa shape index (κ1) is 21.6. The van der Waals surface area contributed by atoms with Crippen LogP contribution in [0.4, 0.5) is 5.69 Å². The second kappa shape index (κ2) is 8.57. The van der Waals surface area contributed by atoms with Crippen molar-refractivity contribution in [3.05, 3.63) is 78.5 Å². The van der Waals surface area contributed by atoms with Crippen molar-refractivity contribution >= 4 is 43.3 Å². The Morgan fingerprint density at radius 2 is 1.73 bits per heavy atom. The molecule has 168 valence electrons. The molecule has 1 fully saturated rings. The molecule has 3 aromatic carbocycles. The maximum absolute atomic E-state index is 13.2. The van der Waals surface area contributed by atoms with Crippen LogP contribution in [0, 0.1) is 12.8 Å². The quantitative estimate of drug-likeness (QED) is 0.478. The van der Waals surface area contributed by atoms with Gasteiger partial charge in [-0.15, -0.1) is 0 Å². The third kappa shape index (κ3) is 4.10. The van der Waals surface area contributed by atoms with E-state index in [-0.39, 0.29) is 11.8 Å². The van der Waals surface area contributed by atoms with Gasteiger partial charge in [0.25, 0.3) is 0 Å². The summed E-state index contributed by atoms with van der Waals surface area (Å²) in [7, 11) is -3.60. The highest BCUT2D eigenvalue weighted by Crippen LogP contribution is 2.29. The Bertz CT molecular complexity index is 1460. The van der Waals surface area contributed by atoms with Crippen molar-refractivity contribution < 1.29 is 13.2 Å². The number of rotatable bonds is 4. The van der Waals surface area contributed by atoms with E-state index >= 15 is 0 Å². The highest BCUT2D eigenvalue weighted by atomic mass is 32.2. The highest BCUT2D eigenvalue weighted by Gasteiger charge is 2.32. The van der Waals surface area contributed by atoms with Gasteiger partial charge in [0.15, 0.2) is 0 Å². The van der Waals surface area contributed by atoms with E-state index in [0.29, 0.717) is 30.8 Å². The summed E-state index contributed by atoms with van der Waals surface area (Å²) in [6.07, 6.45) is 2.72. The molecule has 1 amide bonds. The van der Waals surface area contributed by atoms with Crippen LogP contribution in [0.15, 0.2) is 77.8 Å². The van der Waals surface area contributed by atoms with Crippen molar-refractivity contribution in [2.24, 2.45) is 5.92 Å². The molecule has 33 heavy (non-hydrogen) atoms. The second-order valence-corrected chi connectivity index (χ2v) is 10.4. The fourth-order valence-corrected chi connectivity index (χ4v) is 6.00. The van der Waals surface area contributed by atoms with Gasteiger partial charge in [-0.05, 0) is 66.4 Å². The number of sulfonamides is 1. The Morgan fingerprint density at radius 3 is 2.52 bits per heavy atom. The predicted octanol–water partition coefficient (Wildman–Crippen LogP) is 4.74. The second-order valence-electron chi connectivity index (χ2n) is 8.51. The van der Waals surface area contributed by atoms with Gasteiger partial charge >= 0.3 is 0 Å². The molecular weight excluding hydrogens is 434 g/mol. The van der Waals surface area contributed by atoms with Crippen molar-refractivity contribution in [3.63, 3.8) is 0 Å². The van der Waals surface area contributed by atoms with Crippen molar-refractivity contribution in [2.45, 2.75) is 24.7 Å². The Labute approximate surface area is 193 Å². The molecule has 0 bridgehead atoms. The molecule has 0 saturated carbocycles. The van der Waals surface area contributed by atoms with Crippen LogP contribution in [0.25, 0.3) is 21.7 Å². The van der Waals surface area contributed by atoms with Crippen LogP contribution in [0.2, 0.25) is 0 Å². The fourth-order valence-electron chi connectivity index (χ4n) is 4.49. The Balaban J connectivity index is 1.28. The molecule has 5 rings (SSSR count). The number of anilines is 1. The number of nitrogens with one attached hydrogen (secondary N) is 1. The van der Waals surface area contributed by atoms with Crippen LogP contribution in [-0.4, -0.2) is 36.7 Å². The topological polar surface area (TPSA) is 79.4 Å². The number of benzene rings is 3. The van der Waals surface area contributed by atoms with E-state index in [0.717, 1.165) is 32.9 Å². The lowest BCUT2D eigenvalue weighted by molar-refractivity contribution is -0.120. The maximum atomic E-state index is 13.2. The van der Waals surface area contributed by atoms with Gasteiger partial charge in [-0.3, -0.25) is 9.78 Å². The van der Waals surface area contributed by atoms with Gasteiger partial charge in [0.2, 0.25) is 15.9 Å². The average molecular weight is 460 g/mol. The number of nitrogens with zero attached hydrogens (tertiary/aromatic N) is 2. The molecule has 1 aliphatic rings. The number of pyridine rings is 1. The van der Waals surface area contributed by atoms with Crippen LogP contribution in [-0.2, 0) is 14.8 Å². The molecule has 1 saturated heterocycles. The van der Waals surface area contributed by atoms with E-state index in [1.165, 1.54) is 4.31 Å². The molecule has 1 aromatic heterocycles. The molecule has 6 nitrogen and oxygen atoms in total. The maximum Gasteiger partial charge on any atom is 0.243 e. The normalized spacial score (nSPS) is 15.7. The Hall–Kier alpha value is -3.29. The number of hydrogen-bond donors (Lipinski definition) is 1. The van der Waals surface area contributed by atoms with Crippen LogP contribution in [0.1, 0.15) is 18.4 Å². The number of hydrogen-bond acceptors (Lipinski definition) is 4. The van der Waals surface area contributed by atoms with E-state index < -0.39 is 10.0 Å². The summed E-state index contributed by atoms with van der Waals surface area (Å²) in [4.78, 5) is 17.7. The van der Waals surface area contributed by atoms with E-state index in [9.17, 15) is 13.2 Å². The molecule has 7 heteroatoms. The zero-order valence-electron chi connectivity index (χ0n) is 18.4. The minimum Gasteiger partial charge on any atom is -0.325 e. The molecule has 0 spiro atoms. The van der Waals surface area contributed by atoms with E-state index in [1.54, 1.807) is 18.3 Å². The minimum absolute atomic E-state index is 0.0771. The zero-order chi connectivity index (χ0) is 23.0. The number of aryl methyl sites for hydroxylation is 1. The smallest absolute Gasteiger partial charge is 0.243 e. The lowest BCUT2D eigenvalue weighted by Crippen LogP contribution is -2.41. The summed E-state index contributed by atoms with van der Waals surface area (Å²) in [5.41, 5.74) is 2.65. The molecule has 2 heterocycles. The van der Waals surface area contributed by atoms with Crippen molar-refractivity contribution in [1.82, 2.24) is 9.29 Å². The Morgan fingerprint density at radius 1 is 0.970 bits per heavy atom. The van der Waals surface area contributed by atoms with Crippen LogP contribution >= 0.6 is 0 Å². The summed E-state index contributed by atoms with van der Waals surface area (Å²) in [5.74, 6) is -0.312. The Kier molecular flexibility index (Phi) is 5.60. The first-order valence-electron chi connectivity index (χ1n) is 11.1. The monoisotopic (exact) mass is 459 g/mol. The number of carbonyl (C=O) groups excluding carboxylic acids is 1. The predicted molar refractivity (Wildman–Crippen MR) is 131 cm³/mol. The molecular formula is C26H25N3O3S. The van der Waals surface area contributed by atoms with Crippen LogP contribution in [0.5, 0.6) is 0 Å². The van der Waals surface area contributed by atoms with Crippen LogP contribution < -0.4 is 5.32 Å². The van der Waals surface area contributed by atoms with Gasteiger partial charge in [-0.25, -0.2) is 8.42 Å². The molecule has 0 aliphatic carbocycles. The molecule has 0 atom stereocenters. The number of aromatic nitrogens is 1. The molecule has 4 aromatic rings. The van der Waals surface area contributed by atoms with Gasteiger partial charge in [-0.1, -0.05) is 36.4 Å². The minimum atomic E-state index is -3.60. The van der Waals surface area contributed by atoms with Crippen molar-refractivity contribution in [3.8, 4) is 0 Å². The SMILES string of the molecule is Cc1ccc(NC(=O)C2CCN(S(=O)(=O)c3ccc4ccccc4c3)CC2)c2cccnc12. The van der Waals surface area contributed by atoms with Gasteiger partial charge in [-0.2, -0.15) is 4.31 Å². The number of fused-ring (bicyclic) bond motifs is 2. The number of piperidine rings is 1. The van der Waals surface area contributed by atoms with Gasteiger partial charge in [0.05, 0.1) is 16.1 Å². The first-order valence-corrected chi connectivity index (χ1v) is 12.5. The largest absolute Gasteiger partial charge is 0.325 e. The van der Waals surface area contributed by atoms with E-state index in [1.807, 2.05) is 61.5 Å². The summed E-state index contributed by atoms with van der Waals surface area (Å²) < 4.78 is 27.9. The van der Waals surface area contributed by atoms with Crippen molar-refractivity contribution in [1.29, 1.82) is 0 Å². The third-order valence-electron chi connectivity index (χ3n) is 6.41. The van der Waals surface area contributed by atoms with E-state index in [4.69, 9.17) is 0 Å².